The molecule has 0 fully saturated rings. The molecule has 0 aliphatic carbocycles. The summed E-state index contributed by atoms with van der Waals surface area (Å²) in [6, 6.07) is 6.35. The van der Waals surface area contributed by atoms with E-state index in [1.165, 1.54) is 19.1 Å². The van der Waals surface area contributed by atoms with Gasteiger partial charge in [0.1, 0.15) is 0 Å². The Kier molecular flexibility index (Phi) is 3.83. The summed E-state index contributed by atoms with van der Waals surface area (Å²) in [5.74, 6) is -1.91. The number of benzene rings is 1. The van der Waals surface area contributed by atoms with Gasteiger partial charge in [-0.05, 0) is 31.0 Å². The van der Waals surface area contributed by atoms with Crippen molar-refractivity contribution in [3.63, 3.8) is 0 Å². The fourth-order valence-corrected chi connectivity index (χ4v) is 1.14. The summed E-state index contributed by atoms with van der Waals surface area (Å²) in [5.41, 5.74) is 1.38. The smallest absolute Gasteiger partial charge is 0.335 e. The van der Waals surface area contributed by atoms with Crippen LogP contribution >= 0.6 is 0 Å². The third-order valence-corrected chi connectivity index (χ3v) is 2.18. The van der Waals surface area contributed by atoms with E-state index in [0.29, 0.717) is 6.42 Å². The SMILES string of the molecule is CC(=CCc1ccc(C(=O)O)cc1)C(=O)O. The molecule has 0 radical (unpaired) electrons. The van der Waals surface area contributed by atoms with E-state index in [1.807, 2.05) is 0 Å². The highest BCUT2D eigenvalue weighted by Gasteiger charge is 2.02. The molecule has 0 aliphatic rings. The molecule has 4 heteroatoms. The summed E-state index contributed by atoms with van der Waals surface area (Å²) >= 11 is 0. The summed E-state index contributed by atoms with van der Waals surface area (Å²) in [6.07, 6.45) is 2.08. The first-order chi connectivity index (χ1) is 7.50. The van der Waals surface area contributed by atoms with Crippen molar-refractivity contribution < 1.29 is 19.8 Å². The maximum absolute atomic E-state index is 10.6. The van der Waals surface area contributed by atoms with Crippen LogP contribution in [0.15, 0.2) is 35.9 Å². The summed E-state index contributed by atoms with van der Waals surface area (Å²) < 4.78 is 0. The Morgan fingerprint density at radius 1 is 1.19 bits per heavy atom. The van der Waals surface area contributed by atoms with Crippen molar-refractivity contribution in [2.45, 2.75) is 13.3 Å². The average molecular weight is 220 g/mol. The molecule has 0 aromatic heterocycles. The molecule has 2 N–H and O–H groups in total. The van der Waals surface area contributed by atoms with E-state index in [1.54, 1.807) is 18.2 Å². The predicted octanol–water partition coefficient (Wildman–Crippen LogP) is 1.96. The molecule has 0 saturated carbocycles. The molecule has 1 aromatic carbocycles. The van der Waals surface area contributed by atoms with Gasteiger partial charge < -0.3 is 10.2 Å². The molecule has 0 unspecified atom stereocenters. The van der Waals surface area contributed by atoms with Crippen LogP contribution in [0.25, 0.3) is 0 Å². The molecule has 1 rings (SSSR count). The van der Waals surface area contributed by atoms with E-state index in [-0.39, 0.29) is 11.1 Å². The molecule has 0 bridgehead atoms. The minimum atomic E-state index is -0.969. The Morgan fingerprint density at radius 2 is 1.75 bits per heavy atom. The van der Waals surface area contributed by atoms with Crippen LogP contribution in [0, 0.1) is 0 Å². The molecule has 84 valence electrons. The summed E-state index contributed by atoms with van der Waals surface area (Å²) in [5, 5.41) is 17.3. The second-order valence-electron chi connectivity index (χ2n) is 3.40. The Labute approximate surface area is 92.8 Å². The first-order valence-electron chi connectivity index (χ1n) is 4.73. The van der Waals surface area contributed by atoms with Crippen LogP contribution in [-0.4, -0.2) is 22.2 Å². The quantitative estimate of drug-likeness (QED) is 0.760. The number of carboxylic acid groups (broad SMARTS) is 2. The number of allylic oxidation sites excluding steroid dienone is 1. The van der Waals surface area contributed by atoms with Crippen LogP contribution in [0.4, 0.5) is 0 Å². The molecule has 0 heterocycles. The van der Waals surface area contributed by atoms with Gasteiger partial charge in [0.2, 0.25) is 0 Å². The highest BCUT2D eigenvalue weighted by atomic mass is 16.4. The first-order valence-corrected chi connectivity index (χ1v) is 4.73. The van der Waals surface area contributed by atoms with E-state index < -0.39 is 11.9 Å². The van der Waals surface area contributed by atoms with Crippen LogP contribution in [0.1, 0.15) is 22.8 Å². The monoisotopic (exact) mass is 220 g/mol. The van der Waals surface area contributed by atoms with Crippen molar-refractivity contribution in [1.82, 2.24) is 0 Å². The topological polar surface area (TPSA) is 74.6 Å². The van der Waals surface area contributed by atoms with Gasteiger partial charge in [-0.1, -0.05) is 18.2 Å². The maximum atomic E-state index is 10.6. The number of hydrogen-bond acceptors (Lipinski definition) is 2. The first kappa shape index (κ1) is 12.0. The second-order valence-corrected chi connectivity index (χ2v) is 3.40. The fraction of sp³-hybridized carbons (Fsp3) is 0.167. The number of carboxylic acids is 2. The number of hydrogen-bond donors (Lipinski definition) is 2. The van der Waals surface area contributed by atoms with E-state index in [4.69, 9.17) is 10.2 Å². The standard InChI is InChI=1S/C12H12O4/c1-8(11(13)14)2-3-9-4-6-10(7-5-9)12(15)16/h2,4-7H,3H2,1H3,(H,13,14)(H,15,16). The Hall–Kier alpha value is -2.10. The third-order valence-electron chi connectivity index (χ3n) is 2.18. The van der Waals surface area contributed by atoms with E-state index in [2.05, 4.69) is 0 Å². The van der Waals surface area contributed by atoms with Crippen LogP contribution in [0.2, 0.25) is 0 Å². The fourth-order valence-electron chi connectivity index (χ4n) is 1.14. The maximum Gasteiger partial charge on any atom is 0.335 e. The number of rotatable bonds is 4. The molecular weight excluding hydrogens is 208 g/mol. The normalized spacial score (nSPS) is 11.2. The highest BCUT2D eigenvalue weighted by Crippen LogP contribution is 2.07. The zero-order chi connectivity index (χ0) is 12.1. The molecule has 0 saturated heterocycles. The van der Waals surface area contributed by atoms with Gasteiger partial charge in [-0.3, -0.25) is 0 Å². The van der Waals surface area contributed by atoms with Gasteiger partial charge in [-0.2, -0.15) is 0 Å². The van der Waals surface area contributed by atoms with Crippen LogP contribution in [0.3, 0.4) is 0 Å². The van der Waals surface area contributed by atoms with Gasteiger partial charge in [-0.15, -0.1) is 0 Å². The molecule has 0 amide bonds. The molecule has 0 aliphatic heterocycles. The van der Waals surface area contributed by atoms with Crippen molar-refractivity contribution in [1.29, 1.82) is 0 Å². The van der Waals surface area contributed by atoms with Crippen molar-refractivity contribution in [2.24, 2.45) is 0 Å². The number of aromatic carboxylic acids is 1. The highest BCUT2D eigenvalue weighted by molar-refractivity contribution is 5.87. The van der Waals surface area contributed by atoms with Gasteiger partial charge in [0.15, 0.2) is 0 Å². The van der Waals surface area contributed by atoms with Crippen molar-refractivity contribution in [2.75, 3.05) is 0 Å². The lowest BCUT2D eigenvalue weighted by molar-refractivity contribution is -0.132. The Morgan fingerprint density at radius 3 is 2.19 bits per heavy atom. The third kappa shape index (κ3) is 3.24. The minimum Gasteiger partial charge on any atom is -0.478 e. The molecule has 16 heavy (non-hydrogen) atoms. The van der Waals surface area contributed by atoms with Crippen LogP contribution < -0.4 is 0 Å². The van der Waals surface area contributed by atoms with E-state index in [0.717, 1.165) is 5.56 Å². The van der Waals surface area contributed by atoms with E-state index in [9.17, 15) is 9.59 Å². The Bertz CT molecular complexity index is 429. The lowest BCUT2D eigenvalue weighted by atomic mass is 10.1. The lowest BCUT2D eigenvalue weighted by Gasteiger charge is -1.99. The molecule has 0 spiro atoms. The lowest BCUT2D eigenvalue weighted by Crippen LogP contribution is -1.98. The zero-order valence-electron chi connectivity index (χ0n) is 8.80. The zero-order valence-corrected chi connectivity index (χ0v) is 8.80. The van der Waals surface area contributed by atoms with E-state index >= 15 is 0 Å². The second kappa shape index (κ2) is 5.11. The number of aliphatic carboxylic acids is 1. The van der Waals surface area contributed by atoms with Crippen molar-refractivity contribution >= 4 is 11.9 Å². The molecule has 0 atom stereocenters. The molecule has 1 aromatic rings. The summed E-state index contributed by atoms with van der Waals surface area (Å²) in [6.45, 7) is 1.52. The van der Waals surface area contributed by atoms with Gasteiger partial charge >= 0.3 is 11.9 Å². The minimum absolute atomic E-state index is 0.225. The summed E-state index contributed by atoms with van der Waals surface area (Å²) in [7, 11) is 0. The molecular formula is C12H12O4. The predicted molar refractivity (Wildman–Crippen MR) is 58.5 cm³/mol. The van der Waals surface area contributed by atoms with Crippen LogP contribution in [-0.2, 0) is 11.2 Å². The largest absolute Gasteiger partial charge is 0.478 e. The van der Waals surface area contributed by atoms with Crippen LogP contribution in [0.5, 0.6) is 0 Å². The van der Waals surface area contributed by atoms with Crippen molar-refractivity contribution in [3.8, 4) is 0 Å². The number of carbonyl (C=O) groups is 2. The summed E-state index contributed by atoms with van der Waals surface area (Å²) in [4.78, 5) is 21.1. The van der Waals surface area contributed by atoms with Gasteiger partial charge in [-0.25, -0.2) is 9.59 Å². The average Bonchev–Trinajstić information content (AvgIpc) is 2.26. The van der Waals surface area contributed by atoms with Crippen molar-refractivity contribution in [3.05, 3.63) is 47.0 Å². The molecule has 4 nitrogen and oxygen atoms in total. The van der Waals surface area contributed by atoms with Gasteiger partial charge in [0, 0.05) is 5.57 Å². The van der Waals surface area contributed by atoms with Gasteiger partial charge in [0.05, 0.1) is 5.56 Å². The Balaban J connectivity index is 2.73. The van der Waals surface area contributed by atoms with Gasteiger partial charge in [0.25, 0.3) is 0 Å².